The van der Waals surface area contributed by atoms with Gasteiger partial charge in [-0.25, -0.2) is 0 Å². The second-order valence-corrected chi connectivity index (χ2v) is 6.12. The van der Waals surface area contributed by atoms with Crippen LogP contribution in [0.1, 0.15) is 0 Å². The molecular weight excluding hydrogens is 409 g/mol. The molecule has 0 atom stereocenters. The summed E-state index contributed by atoms with van der Waals surface area (Å²) in [5.74, 6) is 0.216. The molecule has 2 heterocycles. The first-order chi connectivity index (χ1) is 11.2. The van der Waals surface area contributed by atoms with Crippen molar-refractivity contribution in [2.75, 3.05) is 5.32 Å². The van der Waals surface area contributed by atoms with E-state index in [4.69, 9.17) is 8.83 Å². The van der Waals surface area contributed by atoms with Gasteiger partial charge in [-0.1, -0.05) is 5.10 Å². The Morgan fingerprint density at radius 2 is 1.87 bits per heavy atom. The molecule has 0 bridgehead atoms. The summed E-state index contributed by atoms with van der Waals surface area (Å²) >= 11 is 2.26. The molecule has 0 aliphatic carbocycles. The van der Waals surface area contributed by atoms with Crippen molar-refractivity contribution in [3.05, 3.63) is 52.3 Å². The predicted octanol–water partition coefficient (Wildman–Crippen LogP) is 4.54. The smallest absolute Gasteiger partial charge is 0.412 e. The molecule has 0 amide bonds. The van der Waals surface area contributed by atoms with Gasteiger partial charge in [-0.3, -0.25) is 0 Å². The molecule has 0 aliphatic heterocycles. The number of nitrogens with one attached hydrogen (secondary N) is 1. The van der Waals surface area contributed by atoms with Crippen molar-refractivity contribution in [2.45, 2.75) is 0 Å². The molecule has 0 unspecified atom stereocenters. The van der Waals surface area contributed by atoms with Gasteiger partial charge >= 0.3 is 6.08 Å². The normalized spacial score (nSPS) is 11.0. The first kappa shape index (κ1) is 14.1. The molecule has 7 heteroatoms. The molecule has 6 nitrogen and oxygen atoms in total. The van der Waals surface area contributed by atoms with Gasteiger partial charge in [0.1, 0.15) is 5.58 Å². The minimum absolute atomic E-state index is 0.216. The quantitative estimate of drug-likeness (QED) is 0.475. The van der Waals surface area contributed by atoms with Gasteiger partial charge in [-0.2, -0.15) is 0 Å². The molecule has 0 spiro atoms. The maximum Gasteiger partial charge on any atom is 0.412 e. The largest absolute Gasteiger partial charge is 0.465 e. The maximum atomic E-state index is 9.31. The van der Waals surface area contributed by atoms with Gasteiger partial charge in [0.15, 0.2) is 0 Å². The van der Waals surface area contributed by atoms with Crippen molar-refractivity contribution in [3.63, 3.8) is 0 Å². The van der Waals surface area contributed by atoms with Crippen molar-refractivity contribution in [1.29, 1.82) is 0 Å². The highest BCUT2D eigenvalue weighted by molar-refractivity contribution is 14.1. The number of anilines is 2. The number of furan rings is 1. The van der Waals surface area contributed by atoms with Crippen LogP contribution in [0.4, 0.5) is 11.4 Å². The molecule has 2 aromatic carbocycles. The zero-order valence-corrected chi connectivity index (χ0v) is 13.8. The predicted molar refractivity (Wildman–Crippen MR) is 93.6 cm³/mol. The van der Waals surface area contributed by atoms with E-state index in [0.717, 1.165) is 20.3 Å². The van der Waals surface area contributed by atoms with E-state index in [9.17, 15) is 5.11 Å². The van der Waals surface area contributed by atoms with Crippen molar-refractivity contribution in [3.8, 4) is 17.5 Å². The number of aromatic hydroxyl groups is 1. The van der Waals surface area contributed by atoms with Gasteiger partial charge in [0.2, 0.25) is 0 Å². The van der Waals surface area contributed by atoms with Crippen LogP contribution in [0, 0.1) is 3.57 Å². The van der Waals surface area contributed by atoms with Gasteiger partial charge in [0.25, 0.3) is 5.89 Å². The molecule has 114 valence electrons. The first-order valence-corrected chi connectivity index (χ1v) is 7.83. The van der Waals surface area contributed by atoms with E-state index < -0.39 is 6.08 Å². The van der Waals surface area contributed by atoms with Gasteiger partial charge in [0, 0.05) is 14.6 Å². The number of fused-ring (bicyclic) bond motifs is 1. The molecule has 0 radical (unpaired) electrons. The van der Waals surface area contributed by atoms with Crippen LogP contribution < -0.4 is 5.32 Å². The molecule has 23 heavy (non-hydrogen) atoms. The number of halogens is 1. The highest BCUT2D eigenvalue weighted by atomic mass is 127. The third-order valence-corrected chi connectivity index (χ3v) is 4.08. The lowest BCUT2D eigenvalue weighted by molar-refractivity contribution is 0.320. The van der Waals surface area contributed by atoms with Crippen molar-refractivity contribution >= 4 is 44.9 Å². The molecule has 4 aromatic rings. The minimum Gasteiger partial charge on any atom is -0.465 e. The van der Waals surface area contributed by atoms with Crippen LogP contribution in [-0.4, -0.2) is 15.3 Å². The molecular formula is C16H10IN3O3. The molecule has 4 rings (SSSR count). The van der Waals surface area contributed by atoms with Crippen LogP contribution in [0.25, 0.3) is 22.4 Å². The third kappa shape index (κ3) is 2.74. The van der Waals surface area contributed by atoms with E-state index in [-0.39, 0.29) is 5.89 Å². The lowest BCUT2D eigenvalue weighted by Crippen LogP contribution is -1.94. The summed E-state index contributed by atoms with van der Waals surface area (Å²) in [7, 11) is 0. The Bertz CT molecular complexity index is 976. The Kier molecular flexibility index (Phi) is 3.41. The number of rotatable bonds is 3. The van der Waals surface area contributed by atoms with Crippen LogP contribution in [-0.2, 0) is 0 Å². The average molecular weight is 419 g/mol. The molecule has 2 N–H and O–H groups in total. The Hall–Kier alpha value is -2.55. The first-order valence-electron chi connectivity index (χ1n) is 6.76. The Balaban J connectivity index is 1.84. The monoisotopic (exact) mass is 419 g/mol. The Morgan fingerprint density at radius 3 is 2.61 bits per heavy atom. The van der Waals surface area contributed by atoms with Gasteiger partial charge in [-0.15, -0.1) is 5.10 Å². The average Bonchev–Trinajstić information content (AvgIpc) is 3.17. The zero-order chi connectivity index (χ0) is 15.8. The molecule has 0 saturated carbocycles. The molecule has 0 saturated heterocycles. The summed E-state index contributed by atoms with van der Waals surface area (Å²) in [6.45, 7) is 0. The van der Waals surface area contributed by atoms with Crippen LogP contribution in [0.15, 0.2) is 57.6 Å². The van der Waals surface area contributed by atoms with Gasteiger partial charge in [0.05, 0.1) is 17.5 Å². The zero-order valence-electron chi connectivity index (χ0n) is 11.7. The fourth-order valence-corrected chi connectivity index (χ4v) is 2.66. The van der Waals surface area contributed by atoms with E-state index in [2.05, 4.69) is 38.1 Å². The second kappa shape index (κ2) is 5.58. The van der Waals surface area contributed by atoms with E-state index in [1.165, 1.54) is 0 Å². The lowest BCUT2D eigenvalue weighted by Gasteiger charge is -2.10. The van der Waals surface area contributed by atoms with Crippen LogP contribution in [0.5, 0.6) is 6.08 Å². The number of benzene rings is 2. The lowest BCUT2D eigenvalue weighted by atomic mass is 10.1. The van der Waals surface area contributed by atoms with Crippen molar-refractivity contribution < 1.29 is 13.9 Å². The molecule has 0 fully saturated rings. The maximum absolute atomic E-state index is 9.31. The summed E-state index contributed by atoms with van der Waals surface area (Å²) in [5.41, 5.74) is 3.06. The summed E-state index contributed by atoms with van der Waals surface area (Å²) in [6, 6.07) is 13.6. The third-order valence-electron chi connectivity index (χ3n) is 3.36. The highest BCUT2D eigenvalue weighted by Crippen LogP contribution is 2.34. The van der Waals surface area contributed by atoms with Crippen LogP contribution in [0.2, 0.25) is 0 Å². The SMILES string of the molecule is Oc1nnc(-c2cc3occc3cc2Nc2ccc(I)cc2)o1. The summed E-state index contributed by atoms with van der Waals surface area (Å²) in [4.78, 5) is 0. The highest BCUT2D eigenvalue weighted by Gasteiger charge is 2.15. The summed E-state index contributed by atoms with van der Waals surface area (Å²) in [5, 5.41) is 20.9. The van der Waals surface area contributed by atoms with E-state index in [1.807, 2.05) is 36.4 Å². The second-order valence-electron chi connectivity index (χ2n) is 4.88. The number of hydrogen-bond acceptors (Lipinski definition) is 6. The van der Waals surface area contributed by atoms with Crippen molar-refractivity contribution in [1.82, 2.24) is 10.2 Å². The summed E-state index contributed by atoms with van der Waals surface area (Å²) in [6.07, 6.45) is 1.15. The minimum atomic E-state index is -0.472. The standard InChI is InChI=1S/C16H10IN3O3/c17-10-1-3-11(4-2-10)18-13-7-9-5-6-22-14(9)8-12(13)15-19-20-16(21)23-15/h1-8,18H,(H,20,21). The number of nitrogens with zero attached hydrogens (tertiary/aromatic N) is 2. The van der Waals surface area contributed by atoms with Crippen molar-refractivity contribution in [2.24, 2.45) is 0 Å². The Morgan fingerprint density at radius 1 is 1.04 bits per heavy atom. The van der Waals surface area contributed by atoms with Crippen LogP contribution in [0.3, 0.4) is 0 Å². The Labute approximate surface area is 144 Å². The topological polar surface area (TPSA) is 84.3 Å². The number of hydrogen-bond donors (Lipinski definition) is 2. The van der Waals surface area contributed by atoms with E-state index >= 15 is 0 Å². The molecule has 0 aliphatic rings. The van der Waals surface area contributed by atoms with Gasteiger partial charge < -0.3 is 19.3 Å². The summed E-state index contributed by atoms with van der Waals surface area (Å²) < 4.78 is 11.7. The van der Waals surface area contributed by atoms with Crippen LogP contribution >= 0.6 is 22.6 Å². The van der Waals surface area contributed by atoms with E-state index in [1.54, 1.807) is 12.3 Å². The van der Waals surface area contributed by atoms with E-state index in [0.29, 0.717) is 11.1 Å². The van der Waals surface area contributed by atoms with Gasteiger partial charge in [-0.05, 0) is 65.1 Å². The fourth-order valence-electron chi connectivity index (χ4n) is 2.30. The molecule has 2 aromatic heterocycles. The fraction of sp³-hybridized carbons (Fsp3) is 0. The number of aromatic nitrogens is 2.